The molecule has 2 heterocycles. The summed E-state index contributed by atoms with van der Waals surface area (Å²) in [6, 6.07) is 5.42. The van der Waals surface area contributed by atoms with Crippen molar-refractivity contribution < 1.29 is 4.74 Å². The molecule has 0 fully saturated rings. The molecule has 0 radical (unpaired) electrons. The molecule has 0 aliphatic rings. The third kappa shape index (κ3) is 2.23. The molecular formula is C14H11ClN4O. The summed E-state index contributed by atoms with van der Waals surface area (Å²) in [5, 5.41) is 0.610. The lowest BCUT2D eigenvalue weighted by Gasteiger charge is -2.10. The molecule has 0 saturated carbocycles. The van der Waals surface area contributed by atoms with Crippen molar-refractivity contribution >= 4 is 11.6 Å². The van der Waals surface area contributed by atoms with E-state index in [1.165, 1.54) is 6.33 Å². The Bertz CT molecular complexity index is 728. The number of hydrogen-bond donors (Lipinski definition) is 1. The van der Waals surface area contributed by atoms with Gasteiger partial charge in [0.05, 0.1) is 18.4 Å². The number of ether oxygens (including phenoxy) is 1. The lowest BCUT2D eigenvalue weighted by molar-refractivity contribution is 0.416. The smallest absolute Gasteiger partial charge is 0.141 e. The zero-order chi connectivity index (χ0) is 13.9. The van der Waals surface area contributed by atoms with E-state index in [4.69, 9.17) is 16.3 Å². The van der Waals surface area contributed by atoms with Crippen LogP contribution in [0.1, 0.15) is 0 Å². The van der Waals surface area contributed by atoms with Gasteiger partial charge in [0.25, 0.3) is 0 Å². The first-order valence-corrected chi connectivity index (χ1v) is 6.31. The van der Waals surface area contributed by atoms with Gasteiger partial charge in [-0.1, -0.05) is 11.6 Å². The Kier molecular flexibility index (Phi) is 3.35. The topological polar surface area (TPSA) is 63.7 Å². The minimum Gasteiger partial charge on any atom is -0.496 e. The van der Waals surface area contributed by atoms with Gasteiger partial charge in [0.2, 0.25) is 0 Å². The predicted molar refractivity (Wildman–Crippen MR) is 76.6 cm³/mol. The molecule has 1 aromatic carbocycles. The highest BCUT2D eigenvalue weighted by Crippen LogP contribution is 2.35. The SMILES string of the molecule is COc1cc(Cl)ccc1-c1ncncc1-c1ncc[nH]1. The van der Waals surface area contributed by atoms with Crippen molar-refractivity contribution in [2.75, 3.05) is 7.11 Å². The number of H-pyrrole nitrogens is 1. The fourth-order valence-corrected chi connectivity index (χ4v) is 2.15. The summed E-state index contributed by atoms with van der Waals surface area (Å²) >= 11 is 5.99. The van der Waals surface area contributed by atoms with E-state index in [1.54, 1.807) is 37.8 Å². The van der Waals surface area contributed by atoms with Crippen LogP contribution in [0.15, 0.2) is 43.1 Å². The van der Waals surface area contributed by atoms with Crippen LogP contribution < -0.4 is 4.74 Å². The number of imidazole rings is 1. The van der Waals surface area contributed by atoms with Gasteiger partial charge in [-0.05, 0) is 18.2 Å². The highest BCUT2D eigenvalue weighted by Gasteiger charge is 2.15. The molecule has 6 heteroatoms. The van der Waals surface area contributed by atoms with E-state index in [9.17, 15) is 0 Å². The first-order valence-electron chi connectivity index (χ1n) is 5.93. The number of aromatic nitrogens is 4. The minimum absolute atomic E-state index is 0.610. The molecule has 0 spiro atoms. The molecule has 0 unspecified atom stereocenters. The van der Waals surface area contributed by atoms with Crippen molar-refractivity contribution in [1.82, 2.24) is 19.9 Å². The average molecular weight is 287 g/mol. The second kappa shape index (κ2) is 5.30. The molecule has 2 aromatic heterocycles. The zero-order valence-electron chi connectivity index (χ0n) is 10.7. The van der Waals surface area contributed by atoms with E-state index in [-0.39, 0.29) is 0 Å². The Hall–Kier alpha value is -2.40. The molecule has 1 N–H and O–H groups in total. The minimum atomic E-state index is 0.610. The lowest BCUT2D eigenvalue weighted by atomic mass is 10.1. The summed E-state index contributed by atoms with van der Waals surface area (Å²) in [4.78, 5) is 15.7. The van der Waals surface area contributed by atoms with E-state index < -0.39 is 0 Å². The van der Waals surface area contributed by atoms with E-state index in [0.717, 1.165) is 16.8 Å². The van der Waals surface area contributed by atoms with E-state index >= 15 is 0 Å². The second-order valence-electron chi connectivity index (χ2n) is 4.07. The molecule has 5 nitrogen and oxygen atoms in total. The maximum absolute atomic E-state index is 5.99. The highest BCUT2D eigenvalue weighted by atomic mass is 35.5. The van der Waals surface area contributed by atoms with Crippen molar-refractivity contribution in [3.63, 3.8) is 0 Å². The summed E-state index contributed by atoms with van der Waals surface area (Å²) in [5.41, 5.74) is 2.38. The van der Waals surface area contributed by atoms with Crippen molar-refractivity contribution in [3.05, 3.63) is 48.1 Å². The molecule has 3 aromatic rings. The molecule has 0 atom stereocenters. The van der Waals surface area contributed by atoms with Crippen molar-refractivity contribution in [1.29, 1.82) is 0 Å². The van der Waals surface area contributed by atoms with Gasteiger partial charge in [0.15, 0.2) is 0 Å². The fraction of sp³-hybridized carbons (Fsp3) is 0.0714. The number of aromatic amines is 1. The Labute approximate surface area is 120 Å². The zero-order valence-corrected chi connectivity index (χ0v) is 11.4. The van der Waals surface area contributed by atoms with Gasteiger partial charge in [0, 0.05) is 29.2 Å². The molecule has 0 saturated heterocycles. The third-order valence-electron chi connectivity index (χ3n) is 2.88. The van der Waals surface area contributed by atoms with Gasteiger partial charge in [0.1, 0.15) is 17.9 Å². The molecule has 0 bridgehead atoms. The predicted octanol–water partition coefficient (Wildman–Crippen LogP) is 3.20. The average Bonchev–Trinajstić information content (AvgIpc) is 3.01. The Balaban J connectivity index is 2.21. The molecule has 100 valence electrons. The molecule has 0 aliphatic carbocycles. The van der Waals surface area contributed by atoms with E-state index in [0.29, 0.717) is 16.6 Å². The van der Waals surface area contributed by atoms with Crippen molar-refractivity contribution in [3.8, 4) is 28.4 Å². The van der Waals surface area contributed by atoms with Crippen LogP contribution in [0.2, 0.25) is 5.02 Å². The first kappa shape index (κ1) is 12.6. The Morgan fingerprint density at radius 1 is 1.20 bits per heavy atom. The van der Waals surface area contributed by atoms with Crippen molar-refractivity contribution in [2.45, 2.75) is 0 Å². The third-order valence-corrected chi connectivity index (χ3v) is 3.12. The molecule has 0 amide bonds. The molecule has 20 heavy (non-hydrogen) atoms. The number of methoxy groups -OCH3 is 1. The van der Waals surface area contributed by atoms with Crippen LogP contribution in [0.3, 0.4) is 0 Å². The van der Waals surface area contributed by atoms with Gasteiger partial charge < -0.3 is 9.72 Å². The second-order valence-corrected chi connectivity index (χ2v) is 4.50. The van der Waals surface area contributed by atoms with Crippen LogP contribution in [-0.4, -0.2) is 27.0 Å². The molecule has 0 aliphatic heterocycles. The largest absolute Gasteiger partial charge is 0.496 e. The summed E-state index contributed by atoms with van der Waals surface area (Å²) in [7, 11) is 1.60. The number of halogens is 1. The summed E-state index contributed by atoms with van der Waals surface area (Å²) < 4.78 is 5.38. The molecular weight excluding hydrogens is 276 g/mol. The number of benzene rings is 1. The lowest BCUT2D eigenvalue weighted by Crippen LogP contribution is -1.95. The Morgan fingerprint density at radius 3 is 2.85 bits per heavy atom. The Morgan fingerprint density at radius 2 is 2.10 bits per heavy atom. The van der Waals surface area contributed by atoms with Crippen LogP contribution >= 0.6 is 11.6 Å². The number of nitrogens with zero attached hydrogens (tertiary/aromatic N) is 3. The quantitative estimate of drug-likeness (QED) is 0.803. The van der Waals surface area contributed by atoms with Crippen LogP contribution in [0.25, 0.3) is 22.6 Å². The monoisotopic (exact) mass is 286 g/mol. The standard InChI is InChI=1S/C14H11ClN4O/c1-20-12-6-9(15)2-3-10(12)13-11(7-16-8-19-13)14-17-4-5-18-14/h2-8H,1H3,(H,17,18). The van der Waals surface area contributed by atoms with Crippen molar-refractivity contribution in [2.24, 2.45) is 0 Å². The maximum Gasteiger partial charge on any atom is 0.141 e. The number of nitrogens with one attached hydrogen (secondary N) is 1. The highest BCUT2D eigenvalue weighted by molar-refractivity contribution is 6.30. The van der Waals surface area contributed by atoms with E-state index in [1.807, 2.05) is 6.07 Å². The van der Waals surface area contributed by atoms with Crippen LogP contribution in [0, 0.1) is 0 Å². The van der Waals surface area contributed by atoms with Crippen LogP contribution in [-0.2, 0) is 0 Å². The van der Waals surface area contributed by atoms with Gasteiger partial charge in [-0.2, -0.15) is 0 Å². The summed E-state index contributed by atoms with van der Waals surface area (Å²) in [6.45, 7) is 0. The van der Waals surface area contributed by atoms with Gasteiger partial charge in [-0.15, -0.1) is 0 Å². The summed E-state index contributed by atoms with van der Waals surface area (Å²) in [6.07, 6.45) is 6.65. The fourth-order valence-electron chi connectivity index (χ4n) is 1.99. The van der Waals surface area contributed by atoms with Gasteiger partial charge >= 0.3 is 0 Å². The van der Waals surface area contributed by atoms with Gasteiger partial charge in [-0.3, -0.25) is 0 Å². The molecule has 3 rings (SSSR count). The first-order chi connectivity index (χ1) is 9.79. The summed E-state index contributed by atoms with van der Waals surface area (Å²) in [5.74, 6) is 1.36. The van der Waals surface area contributed by atoms with Gasteiger partial charge in [-0.25, -0.2) is 15.0 Å². The van der Waals surface area contributed by atoms with E-state index in [2.05, 4.69) is 19.9 Å². The normalized spacial score (nSPS) is 10.5. The number of hydrogen-bond acceptors (Lipinski definition) is 4. The number of rotatable bonds is 3. The van der Waals surface area contributed by atoms with Crippen LogP contribution in [0.5, 0.6) is 5.75 Å². The maximum atomic E-state index is 5.99. The van der Waals surface area contributed by atoms with Crippen LogP contribution in [0.4, 0.5) is 0 Å².